The third-order valence-electron chi connectivity index (χ3n) is 10.2. The SMILES string of the molecule is CC(=O)c1ccc(N=Nc2c(O)ccc3cc(CON=CONc4cccc(Cc5ccc(N(c6ccc(C)c(C)c6)c6ccc(C)c(C)c6)cc5)c4)ccc23)cc1. The summed E-state index contributed by atoms with van der Waals surface area (Å²) < 4.78 is 0. The molecular formula is C49H45N5O4. The van der Waals surface area contributed by atoms with E-state index in [0.717, 1.165) is 51.1 Å². The number of benzene rings is 7. The van der Waals surface area contributed by atoms with Crippen molar-refractivity contribution >= 4 is 57.1 Å². The molecule has 0 bridgehead atoms. The van der Waals surface area contributed by atoms with Gasteiger partial charge in [-0.25, -0.2) is 5.48 Å². The molecule has 0 aromatic heterocycles. The molecule has 0 aliphatic rings. The fourth-order valence-electron chi connectivity index (χ4n) is 6.59. The minimum Gasteiger partial charge on any atom is -0.506 e. The predicted octanol–water partition coefficient (Wildman–Crippen LogP) is 13.0. The molecule has 0 fully saturated rings. The van der Waals surface area contributed by atoms with Gasteiger partial charge in [0.2, 0.25) is 6.40 Å². The fraction of sp³-hybridized carbons (Fsp3) is 0.143. The van der Waals surface area contributed by atoms with Gasteiger partial charge in [-0.05, 0) is 170 Å². The third kappa shape index (κ3) is 9.39. The summed E-state index contributed by atoms with van der Waals surface area (Å²) in [5.74, 6) is -0.00859. The quantitative estimate of drug-likeness (QED) is 0.0375. The number of anilines is 4. The Balaban J connectivity index is 0.935. The second-order valence-electron chi connectivity index (χ2n) is 14.4. The fourth-order valence-corrected chi connectivity index (χ4v) is 6.59. The molecule has 0 heterocycles. The number of carbonyl (C=O) groups excluding carboxylic acids is 1. The maximum atomic E-state index is 11.6. The van der Waals surface area contributed by atoms with Crippen molar-refractivity contribution in [2.45, 2.75) is 47.6 Å². The van der Waals surface area contributed by atoms with Crippen molar-refractivity contribution < 1.29 is 19.6 Å². The van der Waals surface area contributed by atoms with E-state index >= 15 is 0 Å². The van der Waals surface area contributed by atoms with Crippen LogP contribution in [0.4, 0.5) is 34.1 Å². The summed E-state index contributed by atoms with van der Waals surface area (Å²) in [5, 5.41) is 24.6. The Bertz CT molecular complexity index is 2580. The van der Waals surface area contributed by atoms with Crippen molar-refractivity contribution in [1.29, 1.82) is 0 Å². The molecule has 7 aromatic rings. The number of phenols is 1. The van der Waals surface area contributed by atoms with Gasteiger partial charge in [0, 0.05) is 28.0 Å². The van der Waals surface area contributed by atoms with Gasteiger partial charge in [-0.3, -0.25) is 4.79 Å². The molecule has 9 nitrogen and oxygen atoms in total. The molecule has 0 aliphatic heterocycles. The molecule has 0 aliphatic carbocycles. The summed E-state index contributed by atoms with van der Waals surface area (Å²) in [4.78, 5) is 24.8. The molecule has 0 amide bonds. The number of carbonyl (C=O) groups is 1. The van der Waals surface area contributed by atoms with E-state index in [4.69, 9.17) is 9.68 Å². The molecule has 58 heavy (non-hydrogen) atoms. The highest BCUT2D eigenvalue weighted by Crippen LogP contribution is 2.38. The van der Waals surface area contributed by atoms with Gasteiger partial charge in [0.05, 0.1) is 11.4 Å². The van der Waals surface area contributed by atoms with E-state index in [1.807, 2.05) is 42.5 Å². The second kappa shape index (κ2) is 17.7. The van der Waals surface area contributed by atoms with Gasteiger partial charge in [-0.1, -0.05) is 59.8 Å². The van der Waals surface area contributed by atoms with Crippen molar-refractivity contribution in [3.63, 3.8) is 0 Å². The topological polar surface area (TPSA) is 108 Å². The molecule has 7 aromatic carbocycles. The molecule has 0 saturated carbocycles. The highest BCUT2D eigenvalue weighted by Gasteiger charge is 2.15. The summed E-state index contributed by atoms with van der Waals surface area (Å²) in [5.41, 5.74) is 16.9. The number of Topliss-reactive ketones (excluding diaryl/α,β-unsaturated/α-hetero) is 1. The largest absolute Gasteiger partial charge is 0.506 e. The van der Waals surface area contributed by atoms with Crippen molar-refractivity contribution in [2.75, 3.05) is 10.4 Å². The van der Waals surface area contributed by atoms with Crippen LogP contribution in [0.15, 0.2) is 155 Å². The Labute approximate surface area is 338 Å². The Morgan fingerprint density at radius 2 is 1.34 bits per heavy atom. The van der Waals surface area contributed by atoms with Crippen molar-refractivity contribution in [1.82, 2.24) is 0 Å². The van der Waals surface area contributed by atoms with Crippen LogP contribution in [0.25, 0.3) is 10.8 Å². The molecule has 0 atom stereocenters. The van der Waals surface area contributed by atoms with Crippen LogP contribution in [0.1, 0.15) is 56.2 Å². The van der Waals surface area contributed by atoms with Crippen LogP contribution >= 0.6 is 0 Å². The average molecular weight is 768 g/mol. The smallest absolute Gasteiger partial charge is 0.245 e. The number of ketones is 1. The van der Waals surface area contributed by atoms with Crippen LogP contribution in [0.5, 0.6) is 5.75 Å². The number of azo groups is 1. The lowest BCUT2D eigenvalue weighted by molar-refractivity contribution is 0.101. The van der Waals surface area contributed by atoms with E-state index in [9.17, 15) is 9.90 Å². The maximum Gasteiger partial charge on any atom is 0.245 e. The highest BCUT2D eigenvalue weighted by molar-refractivity contribution is 5.96. The van der Waals surface area contributed by atoms with Gasteiger partial charge in [-0.15, -0.1) is 5.11 Å². The number of nitrogens with one attached hydrogen (secondary N) is 1. The predicted molar refractivity (Wildman–Crippen MR) is 234 cm³/mol. The van der Waals surface area contributed by atoms with Crippen LogP contribution < -0.4 is 10.4 Å². The Morgan fingerprint density at radius 3 is 2.02 bits per heavy atom. The summed E-state index contributed by atoms with van der Waals surface area (Å²) in [6.45, 7) is 10.3. The normalized spacial score (nSPS) is 11.3. The van der Waals surface area contributed by atoms with E-state index in [2.05, 4.69) is 120 Å². The summed E-state index contributed by atoms with van der Waals surface area (Å²) in [6, 6.07) is 45.9. The van der Waals surface area contributed by atoms with E-state index in [1.165, 1.54) is 41.1 Å². The number of oxime groups is 1. The third-order valence-corrected chi connectivity index (χ3v) is 10.2. The highest BCUT2D eigenvalue weighted by atomic mass is 16.7. The first-order chi connectivity index (χ1) is 28.1. The number of fused-ring (bicyclic) bond motifs is 1. The van der Waals surface area contributed by atoms with Gasteiger partial charge >= 0.3 is 0 Å². The minimum absolute atomic E-state index is 0.0133. The van der Waals surface area contributed by atoms with Gasteiger partial charge in [-0.2, -0.15) is 5.11 Å². The van der Waals surface area contributed by atoms with Crippen LogP contribution in [0.3, 0.4) is 0 Å². The molecule has 0 saturated heterocycles. The molecule has 0 radical (unpaired) electrons. The van der Waals surface area contributed by atoms with Gasteiger partial charge in [0.1, 0.15) is 18.0 Å². The number of rotatable bonds is 14. The first-order valence-electron chi connectivity index (χ1n) is 19.1. The lowest BCUT2D eigenvalue weighted by Crippen LogP contribution is -2.11. The average Bonchev–Trinajstić information content (AvgIpc) is 3.22. The molecule has 2 N–H and O–H groups in total. The summed E-state index contributed by atoms with van der Waals surface area (Å²) in [6.07, 6.45) is 1.97. The van der Waals surface area contributed by atoms with Crippen LogP contribution in [0.2, 0.25) is 0 Å². The van der Waals surface area contributed by atoms with Crippen LogP contribution in [0, 0.1) is 27.7 Å². The lowest BCUT2D eigenvalue weighted by atomic mass is 10.0. The zero-order valence-corrected chi connectivity index (χ0v) is 33.2. The number of nitrogens with zero attached hydrogens (tertiary/aromatic N) is 4. The standard InChI is InChI=1S/C49H45N5O4/c1-32-9-19-45(25-34(32)3)54(46-20-10-33(2)35(4)26-46)44-21-11-37(12-22-44)27-38-7-6-8-43(29-38)53-58-31-50-57-30-39-13-23-47-41(28-39)16-24-48(56)49(47)52-51-42-17-14-40(15-18-42)36(5)55/h6-26,28-29,31,53,56H,27,30H2,1-5H3. The van der Waals surface area contributed by atoms with E-state index < -0.39 is 0 Å². The number of aromatic hydroxyl groups is 1. The van der Waals surface area contributed by atoms with Crippen molar-refractivity contribution in [2.24, 2.45) is 15.4 Å². The summed E-state index contributed by atoms with van der Waals surface area (Å²) >= 11 is 0. The van der Waals surface area contributed by atoms with E-state index in [0.29, 0.717) is 16.9 Å². The van der Waals surface area contributed by atoms with E-state index in [-0.39, 0.29) is 18.1 Å². The monoisotopic (exact) mass is 767 g/mol. The van der Waals surface area contributed by atoms with Gasteiger partial charge < -0.3 is 19.7 Å². The number of aryl methyl sites for hydroxylation is 4. The zero-order valence-electron chi connectivity index (χ0n) is 33.2. The van der Waals surface area contributed by atoms with Gasteiger partial charge in [0.15, 0.2) is 5.78 Å². The van der Waals surface area contributed by atoms with Crippen molar-refractivity contribution in [3.05, 3.63) is 184 Å². The second-order valence-corrected chi connectivity index (χ2v) is 14.4. The van der Waals surface area contributed by atoms with Crippen LogP contribution in [-0.2, 0) is 22.7 Å². The first-order valence-corrected chi connectivity index (χ1v) is 19.1. The molecule has 0 unspecified atom stereocenters. The Morgan fingerprint density at radius 1 is 0.672 bits per heavy atom. The molecule has 0 spiro atoms. The lowest BCUT2D eigenvalue weighted by Gasteiger charge is -2.27. The molecule has 9 heteroatoms. The zero-order chi connectivity index (χ0) is 40.6. The molecule has 7 rings (SSSR count). The summed E-state index contributed by atoms with van der Waals surface area (Å²) in [7, 11) is 0. The molecule has 290 valence electrons. The Hall–Kier alpha value is -7.26. The number of phenolic OH excluding ortho intramolecular Hbond substituents is 1. The number of hydrogen-bond donors (Lipinski definition) is 2. The van der Waals surface area contributed by atoms with Gasteiger partial charge in [0.25, 0.3) is 0 Å². The Kier molecular flexibility index (Phi) is 11.9. The van der Waals surface area contributed by atoms with Crippen LogP contribution in [-0.4, -0.2) is 17.3 Å². The minimum atomic E-state index is -0.0219. The maximum absolute atomic E-state index is 11.6. The van der Waals surface area contributed by atoms with Crippen molar-refractivity contribution in [3.8, 4) is 5.75 Å². The molecular weight excluding hydrogens is 723 g/mol. The number of hydrogen-bond acceptors (Lipinski definition) is 9. The van der Waals surface area contributed by atoms with E-state index in [1.54, 1.807) is 30.3 Å². The first kappa shape index (κ1) is 39.0.